The molecule has 0 bridgehead atoms. The van der Waals surface area contributed by atoms with Gasteiger partial charge in [-0.05, 0) is 6.92 Å². The average Bonchev–Trinajstić information content (AvgIpc) is 2.74. The van der Waals surface area contributed by atoms with E-state index < -0.39 is 0 Å². The lowest BCUT2D eigenvalue weighted by Gasteiger charge is -1.97. The van der Waals surface area contributed by atoms with Gasteiger partial charge in [0.2, 0.25) is 0 Å². The maximum absolute atomic E-state index is 4.29. The molecular weight excluding hydrogens is 196 g/mol. The summed E-state index contributed by atoms with van der Waals surface area (Å²) in [4.78, 5) is 4.18. The van der Waals surface area contributed by atoms with E-state index in [2.05, 4.69) is 15.4 Å². The summed E-state index contributed by atoms with van der Waals surface area (Å²) >= 11 is 1.64. The highest BCUT2D eigenvalue weighted by atomic mass is 32.1. The average molecular weight is 208 g/mol. The summed E-state index contributed by atoms with van der Waals surface area (Å²) in [5.74, 6) is 0.903. The standard InChI is InChI=1S/C9H12N4S/c1-7-5-8(12-13(7)2)11-6-9-10-3-4-14-9/h3-5H,6H2,1-2H3,(H,11,12). The highest BCUT2D eigenvalue weighted by Gasteiger charge is 2.00. The lowest BCUT2D eigenvalue weighted by atomic mass is 10.4. The lowest BCUT2D eigenvalue weighted by molar-refractivity contribution is 0.741. The third-order valence-corrected chi connectivity index (χ3v) is 2.80. The van der Waals surface area contributed by atoms with Crippen LogP contribution in [-0.4, -0.2) is 14.8 Å². The molecule has 0 fully saturated rings. The molecule has 2 aromatic heterocycles. The Morgan fingerprint density at radius 2 is 2.43 bits per heavy atom. The summed E-state index contributed by atoms with van der Waals surface area (Å²) in [5.41, 5.74) is 1.15. The van der Waals surface area contributed by atoms with Gasteiger partial charge in [0.1, 0.15) is 10.8 Å². The summed E-state index contributed by atoms with van der Waals surface area (Å²) in [6, 6.07) is 2.02. The molecule has 2 heterocycles. The van der Waals surface area contributed by atoms with E-state index >= 15 is 0 Å². The molecule has 0 aliphatic rings. The van der Waals surface area contributed by atoms with Gasteiger partial charge in [-0.2, -0.15) is 5.10 Å². The number of anilines is 1. The molecule has 1 N–H and O–H groups in total. The Morgan fingerprint density at radius 3 is 3.00 bits per heavy atom. The molecule has 0 saturated heterocycles. The van der Waals surface area contributed by atoms with E-state index in [9.17, 15) is 0 Å². The van der Waals surface area contributed by atoms with Gasteiger partial charge in [-0.15, -0.1) is 11.3 Å². The van der Waals surface area contributed by atoms with Gasteiger partial charge in [-0.3, -0.25) is 4.68 Å². The Labute approximate surface area is 86.6 Å². The number of nitrogens with zero attached hydrogens (tertiary/aromatic N) is 3. The molecular formula is C9H12N4S. The minimum Gasteiger partial charge on any atom is -0.362 e. The molecule has 0 saturated carbocycles. The van der Waals surface area contributed by atoms with Crippen molar-refractivity contribution in [2.45, 2.75) is 13.5 Å². The maximum Gasteiger partial charge on any atom is 0.148 e. The molecule has 2 aromatic rings. The first-order valence-electron chi connectivity index (χ1n) is 4.38. The van der Waals surface area contributed by atoms with Crippen LogP contribution in [0.3, 0.4) is 0 Å². The van der Waals surface area contributed by atoms with Crippen LogP contribution < -0.4 is 5.32 Å². The maximum atomic E-state index is 4.29. The third kappa shape index (κ3) is 1.93. The third-order valence-electron chi connectivity index (χ3n) is 2.02. The van der Waals surface area contributed by atoms with Crippen LogP contribution in [-0.2, 0) is 13.6 Å². The van der Waals surface area contributed by atoms with Crippen molar-refractivity contribution in [1.82, 2.24) is 14.8 Å². The Hall–Kier alpha value is -1.36. The number of hydrogen-bond acceptors (Lipinski definition) is 4. The SMILES string of the molecule is Cc1cc(NCc2nccs2)nn1C. The number of aromatic nitrogens is 3. The summed E-state index contributed by atoms with van der Waals surface area (Å²) in [6.07, 6.45) is 1.81. The van der Waals surface area contributed by atoms with Crippen LogP contribution in [0.15, 0.2) is 17.6 Å². The Kier molecular flexibility index (Phi) is 2.49. The van der Waals surface area contributed by atoms with Crippen molar-refractivity contribution in [1.29, 1.82) is 0 Å². The molecule has 5 heteroatoms. The number of hydrogen-bond donors (Lipinski definition) is 1. The van der Waals surface area contributed by atoms with Crippen molar-refractivity contribution in [3.63, 3.8) is 0 Å². The largest absolute Gasteiger partial charge is 0.362 e. The van der Waals surface area contributed by atoms with Crippen LogP contribution in [0.4, 0.5) is 5.82 Å². The Bertz CT molecular complexity index is 385. The second-order valence-electron chi connectivity index (χ2n) is 3.07. The van der Waals surface area contributed by atoms with Crippen LogP contribution in [0.1, 0.15) is 10.7 Å². The van der Waals surface area contributed by atoms with E-state index in [1.807, 2.05) is 36.3 Å². The van der Waals surface area contributed by atoms with Gasteiger partial charge < -0.3 is 5.32 Å². The number of aryl methyl sites for hydroxylation is 2. The van der Waals surface area contributed by atoms with E-state index in [0.717, 1.165) is 23.1 Å². The van der Waals surface area contributed by atoms with Crippen LogP contribution in [0.5, 0.6) is 0 Å². The molecule has 0 aliphatic carbocycles. The number of rotatable bonds is 3. The van der Waals surface area contributed by atoms with Crippen LogP contribution in [0.2, 0.25) is 0 Å². The molecule has 74 valence electrons. The van der Waals surface area contributed by atoms with Crippen LogP contribution in [0.25, 0.3) is 0 Å². The molecule has 2 rings (SSSR count). The fraction of sp³-hybridized carbons (Fsp3) is 0.333. The van der Waals surface area contributed by atoms with E-state index in [0.29, 0.717) is 0 Å². The second kappa shape index (κ2) is 3.79. The van der Waals surface area contributed by atoms with Crippen LogP contribution >= 0.6 is 11.3 Å². The summed E-state index contributed by atoms with van der Waals surface area (Å²) in [6.45, 7) is 2.77. The fourth-order valence-corrected chi connectivity index (χ4v) is 1.71. The van der Waals surface area contributed by atoms with Gasteiger partial charge in [-0.1, -0.05) is 0 Å². The van der Waals surface area contributed by atoms with Crippen molar-refractivity contribution in [2.75, 3.05) is 5.32 Å². The minimum absolute atomic E-state index is 0.744. The first-order chi connectivity index (χ1) is 6.75. The first-order valence-corrected chi connectivity index (χ1v) is 5.26. The van der Waals surface area contributed by atoms with E-state index in [1.54, 1.807) is 11.3 Å². The zero-order valence-corrected chi connectivity index (χ0v) is 9.01. The van der Waals surface area contributed by atoms with E-state index in [4.69, 9.17) is 0 Å². The van der Waals surface area contributed by atoms with Crippen LogP contribution in [0, 0.1) is 6.92 Å². The summed E-state index contributed by atoms with van der Waals surface area (Å²) in [7, 11) is 1.93. The quantitative estimate of drug-likeness (QED) is 0.836. The van der Waals surface area contributed by atoms with E-state index in [1.165, 1.54) is 0 Å². The van der Waals surface area contributed by atoms with Crippen molar-refractivity contribution >= 4 is 17.2 Å². The van der Waals surface area contributed by atoms with Gasteiger partial charge in [0, 0.05) is 30.4 Å². The summed E-state index contributed by atoms with van der Waals surface area (Å²) in [5, 5.41) is 10.6. The van der Waals surface area contributed by atoms with Gasteiger partial charge >= 0.3 is 0 Å². The zero-order chi connectivity index (χ0) is 9.97. The predicted molar refractivity (Wildman–Crippen MR) is 57.4 cm³/mol. The van der Waals surface area contributed by atoms with Crippen molar-refractivity contribution in [2.24, 2.45) is 7.05 Å². The molecule has 0 aromatic carbocycles. The van der Waals surface area contributed by atoms with Crippen molar-refractivity contribution < 1.29 is 0 Å². The lowest BCUT2D eigenvalue weighted by Crippen LogP contribution is -2.00. The predicted octanol–water partition coefficient (Wildman–Crippen LogP) is 1.80. The molecule has 0 amide bonds. The highest BCUT2D eigenvalue weighted by Crippen LogP contribution is 2.10. The smallest absolute Gasteiger partial charge is 0.148 e. The topological polar surface area (TPSA) is 42.7 Å². The van der Waals surface area contributed by atoms with E-state index in [-0.39, 0.29) is 0 Å². The molecule has 0 radical (unpaired) electrons. The first kappa shape index (κ1) is 9.21. The second-order valence-corrected chi connectivity index (χ2v) is 4.05. The minimum atomic E-state index is 0.744. The summed E-state index contributed by atoms with van der Waals surface area (Å²) < 4.78 is 1.85. The molecule has 4 nitrogen and oxygen atoms in total. The monoisotopic (exact) mass is 208 g/mol. The zero-order valence-electron chi connectivity index (χ0n) is 8.19. The normalized spacial score (nSPS) is 10.4. The molecule has 0 atom stereocenters. The number of thiazole rings is 1. The molecule has 0 aliphatic heterocycles. The van der Waals surface area contributed by atoms with Crippen molar-refractivity contribution in [3.05, 3.63) is 28.3 Å². The van der Waals surface area contributed by atoms with Gasteiger partial charge in [0.05, 0.1) is 6.54 Å². The molecule has 0 spiro atoms. The van der Waals surface area contributed by atoms with Crippen molar-refractivity contribution in [3.8, 4) is 0 Å². The fourth-order valence-electron chi connectivity index (χ4n) is 1.15. The Morgan fingerprint density at radius 1 is 1.57 bits per heavy atom. The van der Waals surface area contributed by atoms with Gasteiger partial charge in [0.15, 0.2) is 0 Å². The Balaban J connectivity index is 1.98. The number of nitrogens with one attached hydrogen (secondary N) is 1. The van der Waals surface area contributed by atoms with Gasteiger partial charge in [0.25, 0.3) is 0 Å². The van der Waals surface area contributed by atoms with Gasteiger partial charge in [-0.25, -0.2) is 4.98 Å². The molecule has 14 heavy (non-hydrogen) atoms. The highest BCUT2D eigenvalue weighted by molar-refractivity contribution is 7.09. The molecule has 0 unspecified atom stereocenters.